The predicted molar refractivity (Wildman–Crippen MR) is 64.8 cm³/mol. The second kappa shape index (κ2) is 5.11. The summed E-state index contributed by atoms with van der Waals surface area (Å²) in [6.07, 6.45) is 4.94. The summed E-state index contributed by atoms with van der Waals surface area (Å²) in [5.74, 6) is 0.675. The second-order valence-electron chi connectivity index (χ2n) is 4.36. The Hall–Kier alpha value is -0.370. The molecule has 2 rings (SSSR count). The van der Waals surface area contributed by atoms with Crippen molar-refractivity contribution in [3.63, 3.8) is 0 Å². The molecule has 0 aromatic heterocycles. The van der Waals surface area contributed by atoms with Crippen molar-refractivity contribution in [1.82, 2.24) is 0 Å². The molecule has 1 aliphatic rings. The van der Waals surface area contributed by atoms with Gasteiger partial charge in [0.25, 0.3) is 0 Å². The van der Waals surface area contributed by atoms with E-state index >= 15 is 0 Å². The minimum absolute atomic E-state index is 0.116. The largest absolute Gasteiger partial charge is 0.250 e. The van der Waals surface area contributed by atoms with Crippen LogP contribution in [0.4, 0.5) is 4.39 Å². The fraction of sp³-hybridized carbons (Fsp3) is 0.538. The Kier molecular flexibility index (Phi) is 3.79. The zero-order valence-corrected chi connectivity index (χ0v) is 10.3. The van der Waals surface area contributed by atoms with Gasteiger partial charge in [0.15, 0.2) is 0 Å². The normalized spacial score (nSPS) is 19.3. The quantitative estimate of drug-likeness (QED) is 0.748. The van der Waals surface area contributed by atoms with Crippen LogP contribution in [0.3, 0.4) is 0 Å². The Morgan fingerprint density at radius 3 is 2.67 bits per heavy atom. The van der Waals surface area contributed by atoms with Crippen LogP contribution in [-0.2, 0) is 0 Å². The third-order valence-corrected chi connectivity index (χ3v) is 3.91. The molecule has 0 heterocycles. The SMILES string of the molecule is FCC(c1cccc(Br)c1)C1CCCC1. The molecule has 1 unspecified atom stereocenters. The van der Waals surface area contributed by atoms with Crippen molar-refractivity contribution in [2.75, 3.05) is 6.67 Å². The molecule has 0 nitrogen and oxygen atoms in total. The maximum absolute atomic E-state index is 13.1. The molecule has 0 bridgehead atoms. The number of halogens is 2. The highest BCUT2D eigenvalue weighted by atomic mass is 79.9. The third-order valence-electron chi connectivity index (χ3n) is 3.41. The summed E-state index contributed by atoms with van der Waals surface area (Å²) in [4.78, 5) is 0. The highest BCUT2D eigenvalue weighted by Gasteiger charge is 2.26. The molecule has 1 aliphatic carbocycles. The maximum atomic E-state index is 13.1. The van der Waals surface area contributed by atoms with Crippen LogP contribution in [0.2, 0.25) is 0 Å². The Balaban J connectivity index is 2.18. The highest BCUT2D eigenvalue weighted by molar-refractivity contribution is 9.10. The molecular formula is C13H16BrF. The van der Waals surface area contributed by atoms with E-state index in [1.807, 2.05) is 18.2 Å². The molecule has 0 spiro atoms. The fourth-order valence-electron chi connectivity index (χ4n) is 2.58. The van der Waals surface area contributed by atoms with Gasteiger partial charge in [0.2, 0.25) is 0 Å². The average molecular weight is 271 g/mol. The van der Waals surface area contributed by atoms with E-state index in [0.29, 0.717) is 5.92 Å². The lowest BCUT2D eigenvalue weighted by Crippen LogP contribution is -2.11. The van der Waals surface area contributed by atoms with Gasteiger partial charge >= 0.3 is 0 Å². The summed E-state index contributed by atoms with van der Waals surface area (Å²) in [5.41, 5.74) is 1.15. The van der Waals surface area contributed by atoms with Crippen molar-refractivity contribution in [2.45, 2.75) is 31.6 Å². The van der Waals surface area contributed by atoms with Crippen LogP contribution in [0.15, 0.2) is 28.7 Å². The minimum atomic E-state index is -0.221. The van der Waals surface area contributed by atoms with Crippen molar-refractivity contribution >= 4 is 15.9 Å². The molecule has 0 amide bonds. The first kappa shape index (κ1) is 11.1. The summed E-state index contributed by atoms with van der Waals surface area (Å²) in [6, 6.07) is 8.10. The highest BCUT2D eigenvalue weighted by Crippen LogP contribution is 2.38. The van der Waals surface area contributed by atoms with Crippen LogP contribution in [0.25, 0.3) is 0 Å². The van der Waals surface area contributed by atoms with Crippen molar-refractivity contribution in [3.05, 3.63) is 34.3 Å². The number of benzene rings is 1. The molecule has 0 radical (unpaired) electrons. The van der Waals surface area contributed by atoms with E-state index in [0.717, 1.165) is 10.0 Å². The molecule has 82 valence electrons. The topological polar surface area (TPSA) is 0 Å². The predicted octanol–water partition coefficient (Wildman–Crippen LogP) is 4.69. The lowest BCUT2D eigenvalue weighted by atomic mass is 9.86. The number of hydrogen-bond acceptors (Lipinski definition) is 0. The minimum Gasteiger partial charge on any atom is -0.250 e. The van der Waals surface area contributed by atoms with Crippen molar-refractivity contribution < 1.29 is 4.39 Å². The van der Waals surface area contributed by atoms with Gasteiger partial charge in [-0.05, 0) is 36.5 Å². The van der Waals surface area contributed by atoms with E-state index in [-0.39, 0.29) is 12.6 Å². The van der Waals surface area contributed by atoms with Gasteiger partial charge in [0, 0.05) is 10.4 Å². The first-order valence-corrected chi connectivity index (χ1v) is 6.42. The monoisotopic (exact) mass is 270 g/mol. The molecule has 1 atom stereocenters. The summed E-state index contributed by atoms with van der Waals surface area (Å²) < 4.78 is 14.2. The van der Waals surface area contributed by atoms with Crippen molar-refractivity contribution in [2.24, 2.45) is 5.92 Å². The third kappa shape index (κ3) is 2.60. The van der Waals surface area contributed by atoms with Gasteiger partial charge in [-0.25, -0.2) is 0 Å². The van der Waals surface area contributed by atoms with Crippen LogP contribution >= 0.6 is 15.9 Å². The van der Waals surface area contributed by atoms with E-state index in [1.165, 1.54) is 25.7 Å². The Bertz CT molecular complexity index is 318. The summed E-state index contributed by atoms with van der Waals surface area (Å²) >= 11 is 3.45. The smallest absolute Gasteiger partial charge is 0.0965 e. The average Bonchev–Trinajstić information content (AvgIpc) is 2.72. The lowest BCUT2D eigenvalue weighted by molar-refractivity contribution is 0.337. The van der Waals surface area contributed by atoms with Crippen LogP contribution in [0.1, 0.15) is 37.2 Å². The van der Waals surface area contributed by atoms with E-state index in [4.69, 9.17) is 0 Å². The van der Waals surface area contributed by atoms with Crippen molar-refractivity contribution in [3.8, 4) is 0 Å². The molecule has 0 N–H and O–H groups in total. The molecule has 2 heteroatoms. The Morgan fingerprint density at radius 2 is 2.07 bits per heavy atom. The lowest BCUT2D eigenvalue weighted by Gasteiger charge is -2.20. The number of rotatable bonds is 3. The summed E-state index contributed by atoms with van der Waals surface area (Å²) in [6.45, 7) is -0.221. The van der Waals surface area contributed by atoms with Gasteiger partial charge in [-0.15, -0.1) is 0 Å². The van der Waals surface area contributed by atoms with Gasteiger partial charge in [0.1, 0.15) is 0 Å². The van der Waals surface area contributed by atoms with Crippen LogP contribution in [0.5, 0.6) is 0 Å². The van der Waals surface area contributed by atoms with Gasteiger partial charge < -0.3 is 0 Å². The molecule has 1 aromatic rings. The summed E-state index contributed by atoms with van der Waals surface area (Å²) in [5, 5.41) is 0. The Labute approximate surface area is 99.0 Å². The van der Waals surface area contributed by atoms with Gasteiger partial charge in [-0.2, -0.15) is 0 Å². The molecule has 0 saturated heterocycles. The second-order valence-corrected chi connectivity index (χ2v) is 5.28. The van der Waals surface area contributed by atoms with Crippen molar-refractivity contribution in [1.29, 1.82) is 0 Å². The molecule has 1 fully saturated rings. The van der Waals surface area contributed by atoms with E-state index in [1.54, 1.807) is 0 Å². The van der Waals surface area contributed by atoms with E-state index in [2.05, 4.69) is 22.0 Å². The molecular weight excluding hydrogens is 255 g/mol. The van der Waals surface area contributed by atoms with Gasteiger partial charge in [0.05, 0.1) is 6.67 Å². The Morgan fingerprint density at radius 1 is 1.33 bits per heavy atom. The first-order valence-electron chi connectivity index (χ1n) is 5.62. The first-order chi connectivity index (χ1) is 7.31. The molecule has 0 aliphatic heterocycles. The zero-order valence-electron chi connectivity index (χ0n) is 8.76. The van der Waals surface area contributed by atoms with Gasteiger partial charge in [-0.3, -0.25) is 4.39 Å². The van der Waals surface area contributed by atoms with E-state index in [9.17, 15) is 4.39 Å². The van der Waals surface area contributed by atoms with E-state index < -0.39 is 0 Å². The molecule has 1 aromatic carbocycles. The molecule has 1 saturated carbocycles. The van der Waals surface area contributed by atoms with Gasteiger partial charge in [-0.1, -0.05) is 40.9 Å². The van der Waals surface area contributed by atoms with Crippen LogP contribution in [0, 0.1) is 5.92 Å². The molecule has 15 heavy (non-hydrogen) atoms. The fourth-order valence-corrected chi connectivity index (χ4v) is 3.00. The number of hydrogen-bond donors (Lipinski definition) is 0. The maximum Gasteiger partial charge on any atom is 0.0965 e. The zero-order chi connectivity index (χ0) is 10.7. The van der Waals surface area contributed by atoms with Crippen LogP contribution < -0.4 is 0 Å². The standard InChI is InChI=1S/C13H16BrF/c14-12-7-3-6-11(8-12)13(9-15)10-4-1-2-5-10/h3,6-8,10,13H,1-2,4-5,9H2. The van der Waals surface area contributed by atoms with Crippen LogP contribution in [-0.4, -0.2) is 6.67 Å². The number of alkyl halides is 1. The summed E-state index contributed by atoms with van der Waals surface area (Å²) in [7, 11) is 0.